The number of carboxylic acid groups (broad SMARTS) is 1. The number of carbonyl (C=O) groups excluding carboxylic acids is 2. The van der Waals surface area contributed by atoms with Crippen LogP contribution < -0.4 is 45.9 Å². The van der Waals surface area contributed by atoms with Crippen LogP contribution in [0.25, 0.3) is 0 Å². The number of hydrogen-bond donors (Lipinski definition) is 4. The van der Waals surface area contributed by atoms with Crippen LogP contribution in [-0.2, 0) is 10.1 Å². The minimum Gasteiger partial charge on any atom is -0.744 e. The molecule has 3 aromatic carbocycles. The van der Waals surface area contributed by atoms with E-state index in [9.17, 15) is 32.5 Å². The van der Waals surface area contributed by atoms with E-state index < -0.39 is 43.8 Å². The quantitative estimate of drug-likeness (QED) is 0.116. The average Bonchev–Trinajstić information content (AvgIpc) is 2.86. The third kappa shape index (κ3) is 5.90. The first-order valence-corrected chi connectivity index (χ1v) is 13.1. The van der Waals surface area contributed by atoms with Crippen LogP contribution in [0, 0.1) is 0 Å². The number of nitrogens with two attached hydrogens (primary N) is 1. The number of nitrogen functional groups attached to an aromatic ring is 1. The zero-order valence-corrected chi connectivity index (χ0v) is 24.9. The number of halogens is 2. The van der Waals surface area contributed by atoms with Crippen molar-refractivity contribution in [2.45, 2.75) is 4.90 Å². The van der Waals surface area contributed by atoms with Gasteiger partial charge in [-0.25, -0.2) is 13.2 Å². The Hall–Kier alpha value is -3.63. The second-order valence-electron chi connectivity index (χ2n) is 8.30. The van der Waals surface area contributed by atoms with Gasteiger partial charge >= 0.3 is 35.5 Å². The van der Waals surface area contributed by atoms with E-state index in [0.29, 0.717) is 0 Å². The summed E-state index contributed by atoms with van der Waals surface area (Å²) in [4.78, 5) is 49.0. The fourth-order valence-electron chi connectivity index (χ4n) is 4.16. The normalized spacial score (nSPS) is 12.2. The second kappa shape index (κ2) is 11.3. The molecule has 0 saturated carbocycles. The van der Waals surface area contributed by atoms with Crippen molar-refractivity contribution in [2.24, 2.45) is 0 Å². The zero-order valence-electron chi connectivity index (χ0n) is 20.6. The van der Waals surface area contributed by atoms with E-state index in [1.165, 1.54) is 36.4 Å². The van der Waals surface area contributed by atoms with E-state index in [2.05, 4.69) is 25.6 Å². The SMILES string of the molecule is Nc1c(S(=O)(=O)[O-])cc(Nc2cc(Nc3nc(Cl)nc(Cl)n3)cc(C(=O)O)c2)c2c1C(=O)c1ccccc1C2=O.[Na+]. The number of benzene rings is 3. The molecule has 17 heteroatoms. The Bertz CT molecular complexity index is 1890. The van der Waals surface area contributed by atoms with Crippen LogP contribution in [0.15, 0.2) is 53.4 Å². The maximum absolute atomic E-state index is 13.5. The number of fused-ring (bicyclic) bond motifs is 2. The summed E-state index contributed by atoms with van der Waals surface area (Å²) in [5, 5.41) is 14.6. The number of carboxylic acids is 1. The predicted molar refractivity (Wildman–Crippen MR) is 142 cm³/mol. The van der Waals surface area contributed by atoms with Gasteiger partial charge in [-0.05, 0) is 47.5 Å². The molecule has 0 bridgehead atoms. The van der Waals surface area contributed by atoms with Crippen molar-refractivity contribution in [1.29, 1.82) is 0 Å². The molecule has 0 saturated heterocycles. The van der Waals surface area contributed by atoms with Crippen molar-refractivity contribution >= 4 is 79.6 Å². The molecule has 0 aliphatic heterocycles. The van der Waals surface area contributed by atoms with Crippen LogP contribution in [0.3, 0.4) is 0 Å². The molecule has 4 aromatic rings. The molecule has 1 aliphatic carbocycles. The number of hydrogen-bond acceptors (Lipinski definition) is 12. The number of anilines is 5. The van der Waals surface area contributed by atoms with Gasteiger partial charge in [-0.3, -0.25) is 9.59 Å². The van der Waals surface area contributed by atoms with Gasteiger partial charge in [0.05, 0.1) is 33.0 Å². The molecule has 1 aromatic heterocycles. The van der Waals surface area contributed by atoms with E-state index in [0.717, 1.165) is 12.1 Å². The standard InChI is InChI=1S/C24H14Cl2N6O7S.Na/c25-22-30-23(26)32-24(31-22)29-11-6-9(21(35)36)5-10(7-11)28-14-8-15(40(37,38)39)18(27)17-16(14)19(33)12-3-1-2-4-13(12)20(17)34;/h1-8,28H,27H2,(H,35,36)(H,37,38,39)(H,29,30,31,32);/q;+1/p-1. The van der Waals surface area contributed by atoms with E-state index in [-0.39, 0.29) is 85.4 Å². The molecule has 0 amide bonds. The van der Waals surface area contributed by atoms with Crippen molar-refractivity contribution in [3.05, 3.63) is 86.9 Å². The van der Waals surface area contributed by atoms with E-state index in [4.69, 9.17) is 28.9 Å². The van der Waals surface area contributed by atoms with Crippen LogP contribution in [0.1, 0.15) is 42.2 Å². The Morgan fingerprint density at radius 3 is 1.95 bits per heavy atom. The van der Waals surface area contributed by atoms with Gasteiger partial charge in [0, 0.05) is 22.5 Å². The van der Waals surface area contributed by atoms with Gasteiger partial charge in [0.2, 0.25) is 16.5 Å². The van der Waals surface area contributed by atoms with Crippen molar-refractivity contribution in [3.63, 3.8) is 0 Å². The van der Waals surface area contributed by atoms with Gasteiger partial charge in [-0.1, -0.05) is 24.3 Å². The summed E-state index contributed by atoms with van der Waals surface area (Å²) in [5.41, 5.74) is 4.12. The summed E-state index contributed by atoms with van der Waals surface area (Å²) < 4.78 is 36.1. The Balaban J connectivity index is 0.00000387. The molecular formula is C24H13Cl2N6NaO7S. The van der Waals surface area contributed by atoms with Gasteiger partial charge in [0.15, 0.2) is 11.6 Å². The zero-order chi connectivity index (χ0) is 28.9. The Morgan fingerprint density at radius 2 is 1.41 bits per heavy atom. The minimum atomic E-state index is -5.21. The van der Waals surface area contributed by atoms with Gasteiger partial charge in [0.25, 0.3) is 0 Å². The molecule has 0 radical (unpaired) electrons. The van der Waals surface area contributed by atoms with Gasteiger partial charge in [0.1, 0.15) is 10.1 Å². The molecule has 13 nitrogen and oxygen atoms in total. The summed E-state index contributed by atoms with van der Waals surface area (Å²) >= 11 is 11.6. The number of rotatable bonds is 6. The van der Waals surface area contributed by atoms with E-state index >= 15 is 0 Å². The second-order valence-corrected chi connectivity index (χ2v) is 10.3. The number of nitrogens with one attached hydrogen (secondary N) is 2. The maximum Gasteiger partial charge on any atom is 1.00 e. The molecule has 0 fully saturated rings. The third-order valence-corrected chi connectivity index (χ3v) is 6.98. The van der Waals surface area contributed by atoms with Crippen LogP contribution in [0.4, 0.5) is 28.7 Å². The van der Waals surface area contributed by atoms with Crippen molar-refractivity contribution < 1.29 is 62.0 Å². The van der Waals surface area contributed by atoms with Crippen LogP contribution in [0.5, 0.6) is 0 Å². The minimum absolute atomic E-state index is 0. The van der Waals surface area contributed by atoms with Gasteiger partial charge in [-0.2, -0.15) is 15.0 Å². The Kier molecular flexibility index (Phi) is 8.38. The number of nitrogens with zero attached hydrogens (tertiary/aromatic N) is 3. The molecule has 5 rings (SSSR count). The molecule has 0 unspecified atom stereocenters. The first-order valence-electron chi connectivity index (χ1n) is 10.9. The van der Waals surface area contributed by atoms with Crippen LogP contribution in [0.2, 0.25) is 10.6 Å². The Labute approximate surface area is 263 Å². The van der Waals surface area contributed by atoms with Crippen molar-refractivity contribution in [3.8, 4) is 0 Å². The summed E-state index contributed by atoms with van der Waals surface area (Å²) in [5.74, 6) is -2.90. The third-order valence-electron chi connectivity index (χ3n) is 5.77. The van der Waals surface area contributed by atoms with Gasteiger partial charge in [-0.15, -0.1) is 0 Å². The topological polar surface area (TPSA) is 217 Å². The predicted octanol–water partition coefficient (Wildman–Crippen LogP) is 0.629. The first-order chi connectivity index (χ1) is 18.8. The summed E-state index contributed by atoms with van der Waals surface area (Å²) in [7, 11) is -5.21. The summed E-state index contributed by atoms with van der Waals surface area (Å²) in [6, 6.07) is 10.4. The van der Waals surface area contributed by atoms with Gasteiger partial charge < -0.3 is 26.0 Å². The monoisotopic (exact) mass is 622 g/mol. The molecule has 1 heterocycles. The molecule has 0 spiro atoms. The Morgan fingerprint density at radius 1 is 0.878 bits per heavy atom. The van der Waals surface area contributed by atoms with Crippen LogP contribution >= 0.6 is 23.2 Å². The average molecular weight is 623 g/mol. The van der Waals surface area contributed by atoms with E-state index in [1.54, 1.807) is 0 Å². The number of aromatic carboxylic acids is 1. The summed E-state index contributed by atoms with van der Waals surface area (Å²) in [6.07, 6.45) is 0. The largest absolute Gasteiger partial charge is 1.00 e. The number of ketones is 2. The molecule has 5 N–H and O–H groups in total. The number of carbonyl (C=O) groups is 3. The molecular weight excluding hydrogens is 610 g/mol. The fraction of sp³-hybridized carbons (Fsp3) is 0. The summed E-state index contributed by atoms with van der Waals surface area (Å²) in [6.45, 7) is 0. The van der Waals surface area contributed by atoms with Crippen molar-refractivity contribution in [2.75, 3.05) is 16.4 Å². The molecule has 1 aliphatic rings. The fourth-order valence-corrected chi connectivity index (χ4v) is 5.16. The van der Waals surface area contributed by atoms with Crippen LogP contribution in [-0.4, -0.2) is 50.6 Å². The van der Waals surface area contributed by atoms with E-state index in [1.807, 2.05) is 0 Å². The molecule has 41 heavy (non-hydrogen) atoms. The number of aromatic nitrogens is 3. The first kappa shape index (κ1) is 30.3. The molecule has 0 atom stereocenters. The maximum atomic E-state index is 13.5. The van der Waals surface area contributed by atoms with Crippen molar-refractivity contribution in [1.82, 2.24) is 15.0 Å². The smallest absolute Gasteiger partial charge is 0.744 e. The molecule has 202 valence electrons.